The maximum absolute atomic E-state index is 12.0. The van der Waals surface area contributed by atoms with Gasteiger partial charge in [0.1, 0.15) is 12.1 Å². The molecule has 0 radical (unpaired) electrons. The highest BCUT2D eigenvalue weighted by Crippen LogP contribution is 2.29. The van der Waals surface area contributed by atoms with Gasteiger partial charge in [-0.25, -0.2) is 18.4 Å². The van der Waals surface area contributed by atoms with Gasteiger partial charge in [-0.05, 0) is 23.3 Å². The summed E-state index contributed by atoms with van der Waals surface area (Å²) in [5, 5.41) is 11.0. The van der Waals surface area contributed by atoms with Crippen molar-refractivity contribution in [1.29, 1.82) is 0 Å². The first-order valence-corrected chi connectivity index (χ1v) is 10.2. The highest BCUT2D eigenvalue weighted by Gasteiger charge is 2.18. The zero-order valence-electron chi connectivity index (χ0n) is 14.5. The second-order valence-electron chi connectivity index (χ2n) is 6.19. The zero-order chi connectivity index (χ0) is 18.9. The number of nitrogens with zero attached hydrogens (tertiary/aromatic N) is 3. The van der Waals surface area contributed by atoms with Crippen LogP contribution in [0.25, 0.3) is 11.0 Å². The molecule has 8 heteroatoms. The molecule has 4 aromatic rings. The van der Waals surface area contributed by atoms with Crippen LogP contribution in [-0.2, 0) is 9.84 Å². The van der Waals surface area contributed by atoms with E-state index in [0.29, 0.717) is 11.5 Å². The van der Waals surface area contributed by atoms with Crippen LogP contribution >= 0.6 is 0 Å². The predicted molar refractivity (Wildman–Crippen MR) is 103 cm³/mol. The molecule has 2 aromatic heterocycles. The van der Waals surface area contributed by atoms with Gasteiger partial charge in [0.05, 0.1) is 22.5 Å². The number of anilines is 1. The van der Waals surface area contributed by atoms with E-state index in [1.165, 1.54) is 12.6 Å². The second kappa shape index (κ2) is 6.81. The van der Waals surface area contributed by atoms with Gasteiger partial charge in [0, 0.05) is 6.26 Å². The average molecular weight is 379 g/mol. The number of benzene rings is 2. The molecule has 136 valence electrons. The summed E-state index contributed by atoms with van der Waals surface area (Å²) in [4.78, 5) is 8.77. The van der Waals surface area contributed by atoms with Crippen LogP contribution in [0.2, 0.25) is 0 Å². The summed E-state index contributed by atoms with van der Waals surface area (Å²) >= 11 is 0. The molecule has 2 N–H and O–H groups in total. The van der Waals surface area contributed by atoms with Crippen molar-refractivity contribution >= 4 is 26.7 Å². The Balaban J connectivity index is 1.82. The van der Waals surface area contributed by atoms with Gasteiger partial charge in [0.25, 0.3) is 0 Å². The van der Waals surface area contributed by atoms with Crippen molar-refractivity contribution in [3.8, 4) is 0 Å². The number of rotatable bonds is 5. The summed E-state index contributed by atoms with van der Waals surface area (Å²) in [6, 6.07) is 16.4. The van der Waals surface area contributed by atoms with Crippen LogP contribution < -0.4 is 5.32 Å². The molecule has 27 heavy (non-hydrogen) atoms. The fourth-order valence-corrected chi connectivity index (χ4v) is 3.62. The molecule has 0 fully saturated rings. The molecule has 0 saturated heterocycles. The molecule has 0 bridgehead atoms. The molecule has 0 saturated carbocycles. The Bertz CT molecular complexity index is 1190. The van der Waals surface area contributed by atoms with E-state index in [1.54, 1.807) is 24.4 Å². The van der Waals surface area contributed by atoms with Crippen LogP contribution in [0, 0.1) is 0 Å². The number of nitrogens with one attached hydrogen (secondary N) is 2. The molecule has 0 amide bonds. The Hall–Kier alpha value is -3.26. The van der Waals surface area contributed by atoms with Gasteiger partial charge in [-0.2, -0.15) is 5.10 Å². The van der Waals surface area contributed by atoms with Gasteiger partial charge >= 0.3 is 0 Å². The Morgan fingerprint density at radius 1 is 1.00 bits per heavy atom. The van der Waals surface area contributed by atoms with Crippen molar-refractivity contribution in [1.82, 2.24) is 20.2 Å². The van der Waals surface area contributed by atoms with Crippen LogP contribution in [0.15, 0.2) is 72.0 Å². The molecule has 7 nitrogen and oxygen atoms in total. The number of aromatic amines is 1. The highest BCUT2D eigenvalue weighted by molar-refractivity contribution is 7.90. The Kier molecular flexibility index (Phi) is 4.33. The SMILES string of the molecule is CS(=O)(=O)c1cccc(C(Nc2ncnc3[nH]ncc23)c2ccccc2)c1. The number of sulfone groups is 1. The van der Waals surface area contributed by atoms with Crippen LogP contribution in [0.1, 0.15) is 17.2 Å². The summed E-state index contributed by atoms with van der Waals surface area (Å²) in [5.41, 5.74) is 2.43. The number of hydrogen-bond acceptors (Lipinski definition) is 6. The molecule has 1 unspecified atom stereocenters. The van der Waals surface area contributed by atoms with Crippen LogP contribution in [-0.4, -0.2) is 34.8 Å². The Morgan fingerprint density at radius 3 is 2.56 bits per heavy atom. The summed E-state index contributed by atoms with van der Waals surface area (Å²) in [5.74, 6) is 0.618. The smallest absolute Gasteiger partial charge is 0.175 e. The van der Waals surface area contributed by atoms with Gasteiger partial charge in [0.2, 0.25) is 0 Å². The third-order valence-corrected chi connectivity index (χ3v) is 5.39. The average Bonchev–Trinajstić information content (AvgIpc) is 3.16. The van der Waals surface area contributed by atoms with Crippen molar-refractivity contribution < 1.29 is 8.42 Å². The largest absolute Gasteiger partial charge is 0.358 e. The summed E-state index contributed by atoms with van der Waals surface area (Å²) in [6.07, 6.45) is 4.32. The van der Waals surface area contributed by atoms with E-state index in [9.17, 15) is 8.42 Å². The number of hydrogen-bond donors (Lipinski definition) is 2. The molecule has 4 rings (SSSR count). The molecule has 2 heterocycles. The maximum Gasteiger partial charge on any atom is 0.175 e. The van der Waals surface area contributed by atoms with Crippen molar-refractivity contribution in [2.75, 3.05) is 11.6 Å². The highest BCUT2D eigenvalue weighted by atomic mass is 32.2. The lowest BCUT2D eigenvalue weighted by atomic mass is 9.98. The third-order valence-electron chi connectivity index (χ3n) is 4.28. The fourth-order valence-electron chi connectivity index (χ4n) is 2.95. The zero-order valence-corrected chi connectivity index (χ0v) is 15.3. The van der Waals surface area contributed by atoms with Gasteiger partial charge in [0.15, 0.2) is 15.5 Å². The van der Waals surface area contributed by atoms with Gasteiger partial charge in [-0.3, -0.25) is 5.10 Å². The first-order chi connectivity index (χ1) is 13.0. The van der Waals surface area contributed by atoms with Gasteiger partial charge in [-0.1, -0.05) is 42.5 Å². The van der Waals surface area contributed by atoms with E-state index in [0.717, 1.165) is 16.5 Å². The molecule has 0 spiro atoms. The minimum absolute atomic E-state index is 0.277. The Labute approximate surface area is 156 Å². The molecule has 0 aliphatic carbocycles. The lowest BCUT2D eigenvalue weighted by molar-refractivity contribution is 0.601. The van der Waals surface area contributed by atoms with Crippen LogP contribution in [0.4, 0.5) is 5.82 Å². The third kappa shape index (κ3) is 3.52. The van der Waals surface area contributed by atoms with E-state index in [1.807, 2.05) is 36.4 Å². The molecule has 1 atom stereocenters. The molecule has 2 aromatic carbocycles. The minimum atomic E-state index is -3.31. The van der Waals surface area contributed by atoms with Crippen molar-refractivity contribution in [3.05, 3.63) is 78.2 Å². The second-order valence-corrected chi connectivity index (χ2v) is 8.20. The van der Waals surface area contributed by atoms with Crippen molar-refractivity contribution in [3.63, 3.8) is 0 Å². The standard InChI is InChI=1S/C19H17N5O2S/c1-27(25,26)15-9-5-8-14(10-15)17(13-6-3-2-4-7-13)23-18-16-11-22-24-19(16)21-12-20-18/h2-12,17H,1H3,(H2,20,21,22,23,24). The van der Waals surface area contributed by atoms with Crippen LogP contribution in [0.5, 0.6) is 0 Å². The first kappa shape index (κ1) is 17.2. The normalized spacial score (nSPS) is 12.8. The fraction of sp³-hybridized carbons (Fsp3) is 0.105. The molecule has 0 aliphatic rings. The molecule has 0 aliphatic heterocycles. The topological polar surface area (TPSA) is 101 Å². The lowest BCUT2D eigenvalue weighted by Gasteiger charge is -2.21. The monoisotopic (exact) mass is 379 g/mol. The minimum Gasteiger partial charge on any atom is -0.358 e. The van der Waals surface area contributed by atoms with E-state index < -0.39 is 9.84 Å². The van der Waals surface area contributed by atoms with Crippen molar-refractivity contribution in [2.45, 2.75) is 10.9 Å². The van der Waals surface area contributed by atoms with E-state index >= 15 is 0 Å². The Morgan fingerprint density at radius 2 is 1.78 bits per heavy atom. The molecular weight excluding hydrogens is 362 g/mol. The maximum atomic E-state index is 12.0. The predicted octanol–water partition coefficient (Wildman–Crippen LogP) is 2.96. The molecular formula is C19H17N5O2S. The van der Waals surface area contributed by atoms with E-state index in [-0.39, 0.29) is 10.9 Å². The quantitative estimate of drug-likeness (QED) is 0.553. The summed E-state index contributed by atoms with van der Waals surface area (Å²) in [7, 11) is -3.31. The van der Waals surface area contributed by atoms with Crippen LogP contribution in [0.3, 0.4) is 0 Å². The number of H-pyrrole nitrogens is 1. The van der Waals surface area contributed by atoms with Gasteiger partial charge in [-0.15, -0.1) is 0 Å². The van der Waals surface area contributed by atoms with Gasteiger partial charge < -0.3 is 5.32 Å². The van der Waals surface area contributed by atoms with E-state index in [4.69, 9.17) is 0 Å². The van der Waals surface area contributed by atoms with Crippen molar-refractivity contribution in [2.24, 2.45) is 0 Å². The first-order valence-electron chi connectivity index (χ1n) is 8.28. The summed E-state index contributed by atoms with van der Waals surface area (Å²) < 4.78 is 24.0. The summed E-state index contributed by atoms with van der Waals surface area (Å²) in [6.45, 7) is 0. The lowest BCUT2D eigenvalue weighted by Crippen LogP contribution is -2.14. The van der Waals surface area contributed by atoms with E-state index in [2.05, 4.69) is 25.5 Å². The number of fused-ring (bicyclic) bond motifs is 1. The number of aromatic nitrogens is 4.